The summed E-state index contributed by atoms with van der Waals surface area (Å²) in [6, 6.07) is 15.7. The van der Waals surface area contributed by atoms with E-state index in [2.05, 4.69) is 36.1 Å². The molecule has 2 aromatic carbocycles. The Morgan fingerprint density at radius 1 is 1.08 bits per heavy atom. The van der Waals surface area contributed by atoms with Crippen molar-refractivity contribution in [2.75, 3.05) is 33.8 Å². The predicted octanol–water partition coefficient (Wildman–Crippen LogP) is 6.42. The third-order valence-corrected chi connectivity index (χ3v) is 9.77. The lowest BCUT2D eigenvalue weighted by atomic mass is 9.62. The summed E-state index contributed by atoms with van der Waals surface area (Å²) >= 11 is 6.32. The van der Waals surface area contributed by atoms with Gasteiger partial charge in [0.1, 0.15) is 5.75 Å². The molecule has 1 heterocycles. The fraction of sp³-hybridized carbons (Fsp3) is 0.548. The van der Waals surface area contributed by atoms with Gasteiger partial charge in [-0.2, -0.15) is 27.0 Å². The molecule has 1 saturated heterocycles. The van der Waals surface area contributed by atoms with Gasteiger partial charge < -0.3 is 14.5 Å². The second-order valence-electron chi connectivity index (χ2n) is 11.7. The lowest BCUT2D eigenvalue weighted by molar-refractivity contribution is -0.142. The number of benzene rings is 2. The molecular formula is C31H43ClN2O3S2. The number of halogens is 1. The molecule has 3 fully saturated rings. The van der Waals surface area contributed by atoms with Crippen LogP contribution in [0.25, 0.3) is 0 Å². The van der Waals surface area contributed by atoms with Crippen molar-refractivity contribution in [2.45, 2.75) is 57.3 Å². The fourth-order valence-corrected chi connectivity index (χ4v) is 6.81. The van der Waals surface area contributed by atoms with Crippen LogP contribution in [0, 0.1) is 17.3 Å². The normalized spacial score (nSPS) is 21.0. The number of amides is 2. The number of likely N-dealkylation sites (tertiary alicyclic amines) is 1. The van der Waals surface area contributed by atoms with Crippen molar-refractivity contribution in [3.63, 3.8) is 0 Å². The number of hydrogen-bond acceptors (Lipinski definition) is 3. The van der Waals surface area contributed by atoms with Crippen LogP contribution in [0.2, 0.25) is 5.02 Å². The standard InChI is InChI=1S/C31H39ClN2O3.2H2S/c1-30(23-10-7-11-23,22-8-5-4-6-9-22)29(36)34-17-15-31(16-18-34)21-24(31)14-19-37-25-12-13-26(27(32)20-25)28(35)33(2)3;;/h4-6,8-9,12-13,20,23-24H,7,10-11,14-19,21H2,1-3H3;2*1H2/t24-,30?;;/m1../s1. The molecule has 2 saturated carbocycles. The summed E-state index contributed by atoms with van der Waals surface area (Å²) in [4.78, 5) is 29.7. The highest BCUT2D eigenvalue weighted by Gasteiger charge is 2.56. The summed E-state index contributed by atoms with van der Waals surface area (Å²) in [6.45, 7) is 4.55. The van der Waals surface area contributed by atoms with Crippen LogP contribution in [0.1, 0.15) is 67.8 Å². The SMILES string of the molecule is CN(C)C(=O)c1ccc(OCC[C@@H]2CC23CCN(C(=O)C(C)(c2ccccc2)C2CCC2)CC3)cc1Cl.S.S. The Hall–Kier alpha value is -1.83. The van der Waals surface area contributed by atoms with E-state index in [9.17, 15) is 9.59 Å². The van der Waals surface area contributed by atoms with Gasteiger partial charge in [-0.1, -0.05) is 48.4 Å². The number of ether oxygens (including phenoxy) is 1. The van der Waals surface area contributed by atoms with Gasteiger partial charge in [-0.05, 0) is 86.5 Å². The topological polar surface area (TPSA) is 49.9 Å². The Kier molecular flexibility index (Phi) is 10.4. The maximum atomic E-state index is 13.9. The molecule has 2 aliphatic carbocycles. The van der Waals surface area contributed by atoms with E-state index in [0.29, 0.717) is 46.1 Å². The van der Waals surface area contributed by atoms with Crippen molar-refractivity contribution in [3.05, 3.63) is 64.7 Å². The third-order valence-electron chi connectivity index (χ3n) is 9.46. The monoisotopic (exact) mass is 590 g/mol. The van der Waals surface area contributed by atoms with Crippen molar-refractivity contribution in [3.8, 4) is 5.75 Å². The zero-order valence-corrected chi connectivity index (χ0v) is 26.1. The van der Waals surface area contributed by atoms with E-state index in [1.54, 1.807) is 26.2 Å². The molecule has 3 aliphatic rings. The zero-order valence-electron chi connectivity index (χ0n) is 23.3. The quantitative estimate of drug-likeness (QED) is 0.356. The molecule has 0 bridgehead atoms. The minimum Gasteiger partial charge on any atom is -0.494 e. The first kappa shape index (κ1) is 31.7. The summed E-state index contributed by atoms with van der Waals surface area (Å²) in [5.74, 6) is 2.02. The highest BCUT2D eigenvalue weighted by molar-refractivity contribution is 7.59. The Bertz CT molecular complexity index is 1150. The largest absolute Gasteiger partial charge is 0.494 e. The van der Waals surface area contributed by atoms with Crippen LogP contribution in [0.15, 0.2) is 48.5 Å². The molecule has 8 heteroatoms. The number of piperidine rings is 1. The Balaban J connectivity index is 0.00000210. The summed E-state index contributed by atoms with van der Waals surface area (Å²) in [6.07, 6.45) is 7.95. The molecule has 0 N–H and O–H groups in total. The molecule has 1 spiro atoms. The second kappa shape index (κ2) is 12.8. The zero-order chi connectivity index (χ0) is 26.2. The van der Waals surface area contributed by atoms with Gasteiger partial charge in [0.25, 0.3) is 5.91 Å². The average Bonchev–Trinajstić information content (AvgIpc) is 3.54. The molecule has 2 aromatic rings. The molecule has 0 radical (unpaired) electrons. The maximum absolute atomic E-state index is 13.9. The lowest BCUT2D eigenvalue weighted by Gasteiger charge is -2.46. The summed E-state index contributed by atoms with van der Waals surface area (Å²) in [5.41, 5.74) is 1.63. The summed E-state index contributed by atoms with van der Waals surface area (Å²) < 4.78 is 5.99. The Morgan fingerprint density at radius 2 is 1.74 bits per heavy atom. The van der Waals surface area contributed by atoms with Gasteiger partial charge in [0.15, 0.2) is 0 Å². The van der Waals surface area contributed by atoms with Crippen LogP contribution in [0.5, 0.6) is 5.75 Å². The highest BCUT2D eigenvalue weighted by Crippen LogP contribution is 2.61. The Labute approximate surface area is 252 Å². The summed E-state index contributed by atoms with van der Waals surface area (Å²) in [5, 5.41) is 0.417. The van der Waals surface area contributed by atoms with Crippen molar-refractivity contribution in [2.24, 2.45) is 17.3 Å². The van der Waals surface area contributed by atoms with E-state index in [-0.39, 0.29) is 32.9 Å². The molecule has 2 atom stereocenters. The van der Waals surface area contributed by atoms with Gasteiger partial charge >= 0.3 is 0 Å². The highest BCUT2D eigenvalue weighted by atomic mass is 35.5. The molecule has 1 aliphatic heterocycles. The lowest BCUT2D eigenvalue weighted by Crippen LogP contribution is -2.53. The van der Waals surface area contributed by atoms with Crippen LogP contribution in [-0.2, 0) is 10.2 Å². The smallest absolute Gasteiger partial charge is 0.254 e. The third kappa shape index (κ3) is 6.25. The predicted molar refractivity (Wildman–Crippen MR) is 168 cm³/mol. The molecule has 39 heavy (non-hydrogen) atoms. The number of carbonyl (C=O) groups excluding carboxylic acids is 2. The van der Waals surface area contributed by atoms with Gasteiger partial charge in [-0.25, -0.2) is 0 Å². The van der Waals surface area contributed by atoms with E-state index >= 15 is 0 Å². The van der Waals surface area contributed by atoms with Crippen LogP contribution in [-0.4, -0.2) is 55.4 Å². The van der Waals surface area contributed by atoms with Crippen LogP contribution in [0.3, 0.4) is 0 Å². The molecule has 5 rings (SSSR count). The van der Waals surface area contributed by atoms with Gasteiger partial charge in [0.05, 0.1) is 22.6 Å². The first-order chi connectivity index (χ1) is 17.7. The molecule has 1 unspecified atom stereocenters. The van der Waals surface area contributed by atoms with Crippen molar-refractivity contribution in [1.82, 2.24) is 9.80 Å². The van der Waals surface area contributed by atoms with Crippen LogP contribution in [0.4, 0.5) is 0 Å². The fourth-order valence-electron chi connectivity index (χ4n) is 6.56. The molecular weight excluding hydrogens is 548 g/mol. The minimum atomic E-state index is -0.408. The molecule has 2 amide bonds. The Morgan fingerprint density at radius 3 is 2.31 bits per heavy atom. The maximum Gasteiger partial charge on any atom is 0.254 e. The van der Waals surface area contributed by atoms with Crippen molar-refractivity contribution >= 4 is 50.4 Å². The first-order valence-corrected chi connectivity index (χ1v) is 14.1. The minimum absolute atomic E-state index is 0. The van der Waals surface area contributed by atoms with E-state index in [1.807, 2.05) is 12.1 Å². The molecule has 0 aromatic heterocycles. The van der Waals surface area contributed by atoms with Crippen LogP contribution < -0.4 is 4.74 Å². The van der Waals surface area contributed by atoms with E-state index < -0.39 is 5.41 Å². The van der Waals surface area contributed by atoms with Gasteiger partial charge in [0.2, 0.25) is 5.91 Å². The number of rotatable bonds is 8. The van der Waals surface area contributed by atoms with Crippen molar-refractivity contribution in [1.29, 1.82) is 0 Å². The van der Waals surface area contributed by atoms with E-state index in [1.165, 1.54) is 23.3 Å². The number of hydrogen-bond donors (Lipinski definition) is 0. The summed E-state index contributed by atoms with van der Waals surface area (Å²) in [7, 11) is 3.43. The van der Waals surface area contributed by atoms with E-state index in [4.69, 9.17) is 16.3 Å². The first-order valence-electron chi connectivity index (χ1n) is 13.7. The van der Waals surface area contributed by atoms with Gasteiger partial charge in [-0.3, -0.25) is 9.59 Å². The molecule has 5 nitrogen and oxygen atoms in total. The van der Waals surface area contributed by atoms with E-state index in [0.717, 1.165) is 45.2 Å². The average molecular weight is 591 g/mol. The van der Waals surface area contributed by atoms with Crippen LogP contribution >= 0.6 is 38.6 Å². The van der Waals surface area contributed by atoms with Crippen molar-refractivity contribution < 1.29 is 14.3 Å². The second-order valence-corrected chi connectivity index (χ2v) is 12.1. The van der Waals surface area contributed by atoms with Gasteiger partial charge in [0, 0.05) is 27.2 Å². The van der Waals surface area contributed by atoms with Gasteiger partial charge in [-0.15, -0.1) is 0 Å². The molecule has 214 valence electrons. The number of carbonyl (C=O) groups is 2. The number of nitrogens with zero attached hydrogens (tertiary/aromatic N) is 2.